The summed E-state index contributed by atoms with van der Waals surface area (Å²) in [6, 6.07) is 2.12. The average Bonchev–Trinajstić information content (AvgIpc) is 2.82. The largest absolute Gasteiger partial charge is 0.384 e. The summed E-state index contributed by atoms with van der Waals surface area (Å²) in [6.45, 7) is 0. The van der Waals surface area contributed by atoms with Gasteiger partial charge in [0.2, 0.25) is 0 Å². The molecule has 0 unspecified atom stereocenters. The van der Waals surface area contributed by atoms with Crippen LogP contribution in [0.1, 0.15) is 23.2 Å². The molecule has 1 fully saturated rings. The Bertz CT molecular complexity index is 339. The van der Waals surface area contributed by atoms with Gasteiger partial charge in [-0.05, 0) is 18.9 Å². The Morgan fingerprint density at radius 2 is 2.38 bits per heavy atom. The summed E-state index contributed by atoms with van der Waals surface area (Å²) in [5.74, 6) is 0.471. The second kappa shape index (κ2) is 2.80. The fraction of sp³-hybridized carbons (Fsp3) is 0.444. The second-order valence-corrected chi connectivity index (χ2v) is 3.47. The number of aromatic nitrogens is 1. The number of amides is 1. The second-order valence-electron chi connectivity index (χ2n) is 3.47. The van der Waals surface area contributed by atoms with Gasteiger partial charge in [0, 0.05) is 19.3 Å². The van der Waals surface area contributed by atoms with Crippen LogP contribution < -0.4 is 11.1 Å². The van der Waals surface area contributed by atoms with Crippen LogP contribution in [0.15, 0.2) is 12.3 Å². The smallest absolute Gasteiger partial charge is 0.255 e. The van der Waals surface area contributed by atoms with Crippen LogP contribution in [0.25, 0.3) is 0 Å². The van der Waals surface area contributed by atoms with Crippen LogP contribution in [0, 0.1) is 0 Å². The third-order valence-electron chi connectivity index (χ3n) is 2.28. The number of nitrogens with two attached hydrogens (primary N) is 1. The molecule has 0 saturated heterocycles. The van der Waals surface area contributed by atoms with Crippen molar-refractivity contribution in [3.05, 3.63) is 17.8 Å². The van der Waals surface area contributed by atoms with E-state index >= 15 is 0 Å². The van der Waals surface area contributed by atoms with Gasteiger partial charge in [-0.3, -0.25) is 4.79 Å². The van der Waals surface area contributed by atoms with Crippen molar-refractivity contribution in [3.63, 3.8) is 0 Å². The maximum absolute atomic E-state index is 11.5. The Labute approximate surface area is 76.7 Å². The van der Waals surface area contributed by atoms with E-state index in [0.717, 1.165) is 12.8 Å². The zero-order valence-corrected chi connectivity index (χ0v) is 7.58. The minimum atomic E-state index is -0.0550. The molecule has 4 nitrogen and oxygen atoms in total. The van der Waals surface area contributed by atoms with E-state index in [1.165, 1.54) is 0 Å². The van der Waals surface area contributed by atoms with E-state index in [9.17, 15) is 4.79 Å². The molecule has 70 valence electrons. The van der Waals surface area contributed by atoms with Crippen LogP contribution in [-0.4, -0.2) is 16.5 Å². The monoisotopic (exact) mass is 179 g/mol. The van der Waals surface area contributed by atoms with E-state index in [2.05, 4.69) is 5.32 Å². The number of hydrogen-bond donors (Lipinski definition) is 2. The molecule has 13 heavy (non-hydrogen) atoms. The van der Waals surface area contributed by atoms with Crippen molar-refractivity contribution in [1.82, 2.24) is 9.88 Å². The highest BCUT2D eigenvalue weighted by Gasteiger charge is 2.24. The molecule has 1 amide bonds. The quantitative estimate of drug-likeness (QED) is 0.694. The maximum Gasteiger partial charge on any atom is 0.255 e. The molecule has 0 spiro atoms. The van der Waals surface area contributed by atoms with Crippen molar-refractivity contribution >= 4 is 11.7 Å². The number of hydrogen-bond acceptors (Lipinski definition) is 2. The molecule has 0 aromatic carbocycles. The van der Waals surface area contributed by atoms with Crippen LogP contribution in [0.3, 0.4) is 0 Å². The van der Waals surface area contributed by atoms with Gasteiger partial charge in [-0.1, -0.05) is 0 Å². The summed E-state index contributed by atoms with van der Waals surface area (Å²) in [5.41, 5.74) is 6.28. The summed E-state index contributed by atoms with van der Waals surface area (Å²) in [5, 5.41) is 2.89. The Kier molecular flexibility index (Phi) is 1.76. The fourth-order valence-corrected chi connectivity index (χ4v) is 1.22. The molecule has 1 aliphatic rings. The third kappa shape index (κ3) is 1.52. The van der Waals surface area contributed by atoms with Crippen molar-refractivity contribution in [1.29, 1.82) is 0 Å². The highest BCUT2D eigenvalue weighted by atomic mass is 16.1. The lowest BCUT2D eigenvalue weighted by atomic mass is 10.3. The molecule has 1 aromatic rings. The van der Waals surface area contributed by atoms with Gasteiger partial charge in [-0.2, -0.15) is 0 Å². The number of carbonyl (C=O) groups excluding carboxylic acids is 1. The number of nitrogens with zero attached hydrogens (tertiary/aromatic N) is 1. The number of nitrogen functional groups attached to an aromatic ring is 1. The lowest BCUT2D eigenvalue weighted by Crippen LogP contribution is -2.25. The normalized spacial score (nSPS) is 15.8. The first-order valence-corrected chi connectivity index (χ1v) is 4.40. The zero-order chi connectivity index (χ0) is 9.42. The molecule has 1 aromatic heterocycles. The standard InChI is InChI=1S/C9H13N3O/c1-12-5-4-7(8(12)10)9(13)11-6-2-3-6/h4-6H,2-3,10H2,1H3,(H,11,13). The molecular weight excluding hydrogens is 166 g/mol. The predicted molar refractivity (Wildman–Crippen MR) is 50.3 cm³/mol. The zero-order valence-electron chi connectivity index (χ0n) is 7.58. The van der Waals surface area contributed by atoms with E-state index < -0.39 is 0 Å². The molecule has 0 bridgehead atoms. The van der Waals surface area contributed by atoms with Crippen LogP contribution in [0.2, 0.25) is 0 Å². The number of aryl methyl sites for hydroxylation is 1. The molecule has 0 radical (unpaired) electrons. The first-order chi connectivity index (χ1) is 6.18. The summed E-state index contributed by atoms with van der Waals surface area (Å²) in [4.78, 5) is 11.5. The van der Waals surface area contributed by atoms with Crippen molar-refractivity contribution < 1.29 is 4.79 Å². The van der Waals surface area contributed by atoms with Gasteiger partial charge in [-0.25, -0.2) is 0 Å². The van der Waals surface area contributed by atoms with E-state index in [0.29, 0.717) is 17.4 Å². The van der Waals surface area contributed by atoms with Gasteiger partial charge in [0.05, 0.1) is 5.56 Å². The molecule has 0 atom stereocenters. The van der Waals surface area contributed by atoms with Crippen LogP contribution in [-0.2, 0) is 7.05 Å². The molecular formula is C9H13N3O. The Morgan fingerprint density at radius 3 is 2.85 bits per heavy atom. The predicted octanol–water partition coefficient (Wildman–Crippen LogP) is 0.499. The average molecular weight is 179 g/mol. The van der Waals surface area contributed by atoms with Gasteiger partial charge < -0.3 is 15.6 Å². The number of carbonyl (C=O) groups is 1. The van der Waals surface area contributed by atoms with E-state index in [4.69, 9.17) is 5.73 Å². The molecule has 0 aliphatic heterocycles. The number of anilines is 1. The van der Waals surface area contributed by atoms with E-state index in [1.807, 2.05) is 7.05 Å². The van der Waals surface area contributed by atoms with Crippen LogP contribution in [0.5, 0.6) is 0 Å². The molecule has 1 aliphatic carbocycles. The number of rotatable bonds is 2. The van der Waals surface area contributed by atoms with Gasteiger partial charge in [0.15, 0.2) is 0 Å². The van der Waals surface area contributed by atoms with Crippen molar-refractivity contribution in [2.45, 2.75) is 18.9 Å². The van der Waals surface area contributed by atoms with Gasteiger partial charge in [-0.15, -0.1) is 0 Å². The summed E-state index contributed by atoms with van der Waals surface area (Å²) in [7, 11) is 1.82. The van der Waals surface area contributed by atoms with Crippen LogP contribution in [0.4, 0.5) is 5.82 Å². The van der Waals surface area contributed by atoms with E-state index in [1.54, 1.807) is 16.8 Å². The third-order valence-corrected chi connectivity index (χ3v) is 2.28. The number of nitrogens with one attached hydrogen (secondary N) is 1. The minimum Gasteiger partial charge on any atom is -0.384 e. The van der Waals surface area contributed by atoms with Crippen molar-refractivity contribution in [2.24, 2.45) is 7.05 Å². The molecule has 4 heteroatoms. The van der Waals surface area contributed by atoms with Gasteiger partial charge >= 0.3 is 0 Å². The fourth-order valence-electron chi connectivity index (χ4n) is 1.22. The Hall–Kier alpha value is -1.45. The first-order valence-electron chi connectivity index (χ1n) is 4.40. The minimum absolute atomic E-state index is 0.0550. The molecule has 1 saturated carbocycles. The topological polar surface area (TPSA) is 60.0 Å². The van der Waals surface area contributed by atoms with E-state index in [-0.39, 0.29) is 5.91 Å². The molecule has 2 rings (SSSR count). The summed E-state index contributed by atoms with van der Waals surface area (Å²) in [6.07, 6.45) is 3.98. The summed E-state index contributed by atoms with van der Waals surface area (Å²) < 4.78 is 1.74. The molecule has 3 N–H and O–H groups in total. The maximum atomic E-state index is 11.5. The van der Waals surface area contributed by atoms with Crippen molar-refractivity contribution in [3.8, 4) is 0 Å². The Balaban J connectivity index is 2.14. The van der Waals surface area contributed by atoms with Crippen molar-refractivity contribution in [2.75, 3.05) is 5.73 Å². The first kappa shape index (κ1) is 8.16. The van der Waals surface area contributed by atoms with Crippen LogP contribution >= 0.6 is 0 Å². The highest BCUT2D eigenvalue weighted by Crippen LogP contribution is 2.20. The Morgan fingerprint density at radius 1 is 1.69 bits per heavy atom. The highest BCUT2D eigenvalue weighted by molar-refractivity contribution is 5.98. The SMILES string of the molecule is Cn1ccc(C(=O)NC2CC2)c1N. The lowest BCUT2D eigenvalue weighted by molar-refractivity contribution is 0.0952. The van der Waals surface area contributed by atoms with Gasteiger partial charge in [0.1, 0.15) is 5.82 Å². The summed E-state index contributed by atoms with van der Waals surface area (Å²) >= 11 is 0. The molecule has 1 heterocycles. The van der Waals surface area contributed by atoms with Gasteiger partial charge in [0.25, 0.3) is 5.91 Å². The lowest BCUT2D eigenvalue weighted by Gasteiger charge is -2.02.